The number of carbonyl (C=O) groups is 1. The van der Waals surface area contributed by atoms with Crippen molar-refractivity contribution in [2.75, 3.05) is 6.79 Å². The van der Waals surface area contributed by atoms with Gasteiger partial charge in [-0.25, -0.2) is 0 Å². The van der Waals surface area contributed by atoms with Crippen LogP contribution in [0, 0.1) is 16.7 Å². The molecule has 1 amide bonds. The van der Waals surface area contributed by atoms with Gasteiger partial charge in [0.05, 0.1) is 6.07 Å². The molecule has 1 aliphatic carbocycles. The molecule has 0 aromatic heterocycles. The zero-order valence-electron chi connectivity index (χ0n) is 11.1. The summed E-state index contributed by atoms with van der Waals surface area (Å²) >= 11 is 0. The molecule has 1 aromatic rings. The molecule has 20 heavy (non-hydrogen) atoms. The molecule has 0 spiro atoms. The molecular formula is C15H16N2O3. The fourth-order valence-corrected chi connectivity index (χ4v) is 2.77. The van der Waals surface area contributed by atoms with Crippen LogP contribution in [0.3, 0.4) is 0 Å². The van der Waals surface area contributed by atoms with E-state index in [1.807, 2.05) is 18.2 Å². The number of nitrogens with one attached hydrogen (secondary N) is 1. The number of amides is 1. The van der Waals surface area contributed by atoms with Gasteiger partial charge in [-0.3, -0.25) is 4.79 Å². The molecule has 104 valence electrons. The fourth-order valence-electron chi connectivity index (χ4n) is 2.77. The second-order valence-corrected chi connectivity index (χ2v) is 5.27. The van der Waals surface area contributed by atoms with Gasteiger partial charge in [0, 0.05) is 6.54 Å². The molecular weight excluding hydrogens is 256 g/mol. The Morgan fingerprint density at radius 1 is 1.30 bits per heavy atom. The summed E-state index contributed by atoms with van der Waals surface area (Å²) < 4.78 is 10.5. The van der Waals surface area contributed by atoms with E-state index >= 15 is 0 Å². The van der Waals surface area contributed by atoms with Crippen molar-refractivity contribution < 1.29 is 14.3 Å². The summed E-state index contributed by atoms with van der Waals surface area (Å²) in [5, 5.41) is 12.1. The standard InChI is InChI=1S/C15H16N2O3/c16-9-15(5-1-2-6-15)14(18)17-8-11-3-4-12-13(7-11)20-10-19-12/h3-4,7H,1-2,5-6,8,10H2,(H,17,18). The van der Waals surface area contributed by atoms with E-state index in [0.29, 0.717) is 25.1 Å². The quantitative estimate of drug-likeness (QED) is 0.914. The molecule has 0 bridgehead atoms. The van der Waals surface area contributed by atoms with Crippen LogP contribution < -0.4 is 14.8 Å². The third-order valence-electron chi connectivity index (χ3n) is 4.00. The van der Waals surface area contributed by atoms with E-state index in [4.69, 9.17) is 9.47 Å². The van der Waals surface area contributed by atoms with Gasteiger partial charge >= 0.3 is 0 Å². The van der Waals surface area contributed by atoms with Crippen LogP contribution in [0.5, 0.6) is 11.5 Å². The van der Waals surface area contributed by atoms with Crippen molar-refractivity contribution in [2.45, 2.75) is 32.2 Å². The fraction of sp³-hybridized carbons (Fsp3) is 0.467. The monoisotopic (exact) mass is 272 g/mol. The first-order chi connectivity index (χ1) is 9.73. The molecule has 5 nitrogen and oxygen atoms in total. The van der Waals surface area contributed by atoms with Crippen LogP contribution in [-0.4, -0.2) is 12.7 Å². The van der Waals surface area contributed by atoms with Crippen LogP contribution >= 0.6 is 0 Å². The number of nitrogens with zero attached hydrogens (tertiary/aromatic N) is 1. The summed E-state index contributed by atoms with van der Waals surface area (Å²) in [5.74, 6) is 1.27. The molecule has 0 radical (unpaired) electrons. The van der Waals surface area contributed by atoms with Crippen LogP contribution in [-0.2, 0) is 11.3 Å². The summed E-state index contributed by atoms with van der Waals surface area (Å²) in [6.45, 7) is 0.640. The number of hydrogen-bond donors (Lipinski definition) is 1. The van der Waals surface area contributed by atoms with Gasteiger partial charge in [-0.05, 0) is 30.5 Å². The van der Waals surface area contributed by atoms with E-state index < -0.39 is 5.41 Å². The smallest absolute Gasteiger partial charge is 0.240 e. The van der Waals surface area contributed by atoms with Crippen molar-refractivity contribution in [3.05, 3.63) is 23.8 Å². The van der Waals surface area contributed by atoms with E-state index in [0.717, 1.165) is 24.2 Å². The Labute approximate surface area is 117 Å². The molecule has 3 rings (SSSR count). The number of carbonyl (C=O) groups excluding carboxylic acids is 1. The summed E-state index contributed by atoms with van der Waals surface area (Å²) in [6.07, 6.45) is 3.23. The van der Waals surface area contributed by atoms with Crippen molar-refractivity contribution in [2.24, 2.45) is 5.41 Å². The maximum atomic E-state index is 12.2. The maximum Gasteiger partial charge on any atom is 0.240 e. The first-order valence-corrected chi connectivity index (χ1v) is 6.82. The minimum atomic E-state index is -0.823. The van der Waals surface area contributed by atoms with E-state index in [-0.39, 0.29) is 12.7 Å². The number of hydrogen-bond acceptors (Lipinski definition) is 4. The molecule has 1 fully saturated rings. The second-order valence-electron chi connectivity index (χ2n) is 5.27. The number of fused-ring (bicyclic) bond motifs is 1. The Balaban J connectivity index is 1.65. The lowest BCUT2D eigenvalue weighted by Gasteiger charge is -2.19. The maximum absolute atomic E-state index is 12.2. The predicted octanol–water partition coefficient (Wildman–Crippen LogP) is 2.12. The molecule has 1 N–H and O–H groups in total. The van der Waals surface area contributed by atoms with Crippen LogP contribution in [0.2, 0.25) is 0 Å². The molecule has 1 aromatic carbocycles. The molecule has 5 heteroatoms. The highest BCUT2D eigenvalue weighted by Gasteiger charge is 2.41. The van der Waals surface area contributed by atoms with E-state index in [2.05, 4.69) is 11.4 Å². The van der Waals surface area contributed by atoms with Crippen molar-refractivity contribution in [3.63, 3.8) is 0 Å². The summed E-state index contributed by atoms with van der Waals surface area (Å²) in [5.41, 5.74) is 0.116. The summed E-state index contributed by atoms with van der Waals surface area (Å²) in [7, 11) is 0. The third kappa shape index (κ3) is 2.18. The van der Waals surface area contributed by atoms with Gasteiger partial charge in [-0.1, -0.05) is 18.9 Å². The highest BCUT2D eigenvalue weighted by Crippen LogP contribution is 2.38. The Kier molecular flexibility index (Phi) is 3.23. The Bertz CT molecular complexity index is 571. The average molecular weight is 272 g/mol. The molecule has 0 atom stereocenters. The lowest BCUT2D eigenvalue weighted by molar-refractivity contribution is -0.128. The third-order valence-corrected chi connectivity index (χ3v) is 4.00. The van der Waals surface area contributed by atoms with Gasteiger partial charge in [0.25, 0.3) is 0 Å². The van der Waals surface area contributed by atoms with Crippen molar-refractivity contribution >= 4 is 5.91 Å². The van der Waals surface area contributed by atoms with Gasteiger partial charge in [-0.15, -0.1) is 0 Å². The topological polar surface area (TPSA) is 71.4 Å². The van der Waals surface area contributed by atoms with Gasteiger partial charge in [0.2, 0.25) is 12.7 Å². The minimum Gasteiger partial charge on any atom is -0.454 e. The Morgan fingerprint density at radius 3 is 2.80 bits per heavy atom. The van der Waals surface area contributed by atoms with Gasteiger partial charge < -0.3 is 14.8 Å². The number of rotatable bonds is 3. The average Bonchev–Trinajstić information content (AvgIpc) is 3.13. The van der Waals surface area contributed by atoms with Crippen LogP contribution in [0.25, 0.3) is 0 Å². The minimum absolute atomic E-state index is 0.157. The van der Waals surface area contributed by atoms with Gasteiger partial charge in [0.1, 0.15) is 5.41 Å². The molecule has 2 aliphatic rings. The van der Waals surface area contributed by atoms with E-state index in [9.17, 15) is 10.1 Å². The Hall–Kier alpha value is -2.22. The number of nitriles is 1. The van der Waals surface area contributed by atoms with Gasteiger partial charge in [0.15, 0.2) is 11.5 Å². The van der Waals surface area contributed by atoms with Crippen LogP contribution in [0.15, 0.2) is 18.2 Å². The first-order valence-electron chi connectivity index (χ1n) is 6.82. The van der Waals surface area contributed by atoms with E-state index in [1.54, 1.807) is 0 Å². The molecule has 1 heterocycles. The van der Waals surface area contributed by atoms with Crippen LogP contribution in [0.1, 0.15) is 31.2 Å². The normalized spacial score (nSPS) is 18.6. The summed E-state index contributed by atoms with van der Waals surface area (Å²) in [4.78, 5) is 12.2. The number of benzene rings is 1. The lowest BCUT2D eigenvalue weighted by atomic mass is 9.87. The van der Waals surface area contributed by atoms with E-state index in [1.165, 1.54) is 0 Å². The zero-order valence-corrected chi connectivity index (χ0v) is 11.1. The molecule has 0 saturated heterocycles. The number of ether oxygens (including phenoxy) is 2. The lowest BCUT2D eigenvalue weighted by Crippen LogP contribution is -2.37. The second kappa shape index (κ2) is 5.04. The Morgan fingerprint density at radius 2 is 2.05 bits per heavy atom. The van der Waals surface area contributed by atoms with Crippen molar-refractivity contribution in [1.82, 2.24) is 5.32 Å². The molecule has 1 aliphatic heterocycles. The van der Waals surface area contributed by atoms with Crippen LogP contribution in [0.4, 0.5) is 0 Å². The largest absolute Gasteiger partial charge is 0.454 e. The molecule has 1 saturated carbocycles. The summed E-state index contributed by atoms with van der Waals surface area (Å²) in [6, 6.07) is 7.78. The van der Waals surface area contributed by atoms with Gasteiger partial charge in [-0.2, -0.15) is 5.26 Å². The van der Waals surface area contributed by atoms with Crippen molar-refractivity contribution in [3.8, 4) is 17.6 Å². The highest BCUT2D eigenvalue weighted by molar-refractivity contribution is 5.85. The predicted molar refractivity (Wildman–Crippen MR) is 70.9 cm³/mol. The van der Waals surface area contributed by atoms with Crippen molar-refractivity contribution in [1.29, 1.82) is 5.26 Å². The zero-order chi connectivity index (χ0) is 14.0. The SMILES string of the molecule is N#CC1(C(=O)NCc2ccc3c(c2)OCO3)CCCC1. The molecule has 0 unspecified atom stereocenters. The highest BCUT2D eigenvalue weighted by atomic mass is 16.7. The first kappa shape index (κ1) is 12.8.